The van der Waals surface area contributed by atoms with Crippen LogP contribution in [-0.4, -0.2) is 19.8 Å². The molecule has 0 spiro atoms. The summed E-state index contributed by atoms with van der Waals surface area (Å²) in [4.78, 5) is 0. The van der Waals surface area contributed by atoms with Crippen LogP contribution in [0.5, 0.6) is 0 Å². The minimum atomic E-state index is 0.487. The maximum atomic E-state index is 3.75. The summed E-state index contributed by atoms with van der Waals surface area (Å²) in [5.74, 6) is 0.487. The van der Waals surface area contributed by atoms with E-state index in [1.165, 1.54) is 11.5 Å². The van der Waals surface area contributed by atoms with E-state index in [-0.39, 0.29) is 0 Å². The van der Waals surface area contributed by atoms with Crippen molar-refractivity contribution in [3.63, 3.8) is 0 Å². The molecule has 66 valence electrons. The van der Waals surface area contributed by atoms with Gasteiger partial charge in [0.15, 0.2) is 0 Å². The van der Waals surface area contributed by atoms with Crippen molar-refractivity contribution in [1.29, 1.82) is 0 Å². The van der Waals surface area contributed by atoms with Gasteiger partial charge in [0.25, 0.3) is 0 Å². The van der Waals surface area contributed by atoms with Crippen LogP contribution >= 0.6 is 11.5 Å². The van der Waals surface area contributed by atoms with E-state index in [9.17, 15) is 0 Å². The second-order valence-electron chi connectivity index (χ2n) is 2.06. The van der Waals surface area contributed by atoms with E-state index < -0.39 is 0 Å². The molecule has 0 radical (unpaired) electrons. The minimum absolute atomic E-state index is 0.487. The van der Waals surface area contributed by atoms with E-state index in [1.54, 1.807) is 17.8 Å². The molecular weight excluding hydrogens is 190 g/mol. The molecule has 0 bridgehead atoms. The Morgan fingerprint density at radius 3 is 3.23 bits per heavy atom. The molecule has 2 heterocycles. The molecule has 0 amide bonds. The zero-order valence-corrected chi connectivity index (χ0v) is 7.19. The standard InChI is InChI=1S/C5H5N7S/c1-4(2-7-6-1)8-11-9-5-3-13-12-10-5/h1-3H,(H,6,7)(H,8,9). The first kappa shape index (κ1) is 7.80. The number of H-pyrrole nitrogens is 1. The van der Waals surface area contributed by atoms with Crippen molar-refractivity contribution in [2.24, 2.45) is 10.3 Å². The second-order valence-corrected chi connectivity index (χ2v) is 2.67. The Labute approximate surface area is 77.0 Å². The van der Waals surface area contributed by atoms with Gasteiger partial charge in [-0.15, -0.1) is 10.2 Å². The molecule has 8 heteroatoms. The lowest BCUT2D eigenvalue weighted by atomic mass is 10.6. The van der Waals surface area contributed by atoms with E-state index in [2.05, 4.69) is 35.5 Å². The molecule has 0 aliphatic rings. The third-order valence-corrected chi connectivity index (χ3v) is 1.67. The minimum Gasteiger partial charge on any atom is -0.284 e. The molecule has 0 aliphatic carbocycles. The normalized spacial score (nSPS) is 10.8. The topological polar surface area (TPSA) is 91.2 Å². The SMILES string of the molecule is c1n[nH]cc1NN=Nc1csnn1. The van der Waals surface area contributed by atoms with Gasteiger partial charge in [0.05, 0.1) is 17.3 Å². The summed E-state index contributed by atoms with van der Waals surface area (Å²) in [7, 11) is 0. The van der Waals surface area contributed by atoms with Gasteiger partial charge in [-0.1, -0.05) is 9.71 Å². The molecule has 0 atom stereocenters. The maximum absolute atomic E-state index is 3.75. The Kier molecular flexibility index (Phi) is 2.23. The van der Waals surface area contributed by atoms with E-state index in [0.29, 0.717) is 5.82 Å². The fourth-order valence-corrected chi connectivity index (χ4v) is 1.02. The molecule has 2 rings (SSSR count). The van der Waals surface area contributed by atoms with Gasteiger partial charge in [0.1, 0.15) is 0 Å². The van der Waals surface area contributed by atoms with Crippen LogP contribution in [-0.2, 0) is 0 Å². The summed E-state index contributed by atoms with van der Waals surface area (Å²) in [6, 6.07) is 0. The van der Waals surface area contributed by atoms with Crippen LogP contribution in [0.3, 0.4) is 0 Å². The van der Waals surface area contributed by atoms with Crippen LogP contribution in [0.2, 0.25) is 0 Å². The number of rotatable bonds is 3. The summed E-state index contributed by atoms with van der Waals surface area (Å²) < 4.78 is 3.63. The average molecular weight is 195 g/mol. The number of aromatic nitrogens is 4. The van der Waals surface area contributed by atoms with Crippen molar-refractivity contribution in [3.05, 3.63) is 17.8 Å². The molecular formula is C5H5N7S. The summed E-state index contributed by atoms with van der Waals surface area (Å²) in [5.41, 5.74) is 3.41. The summed E-state index contributed by atoms with van der Waals surface area (Å²) in [6.45, 7) is 0. The largest absolute Gasteiger partial charge is 0.284 e. The number of nitrogens with one attached hydrogen (secondary N) is 2. The third-order valence-electron chi connectivity index (χ3n) is 1.18. The lowest BCUT2D eigenvalue weighted by Gasteiger charge is -1.88. The Bertz CT molecular complexity index is 364. The fourth-order valence-electron chi connectivity index (χ4n) is 0.649. The molecule has 0 saturated heterocycles. The van der Waals surface area contributed by atoms with Crippen molar-refractivity contribution in [2.45, 2.75) is 0 Å². The van der Waals surface area contributed by atoms with Crippen LogP contribution in [0.1, 0.15) is 0 Å². The number of aromatic amines is 1. The first-order valence-electron chi connectivity index (χ1n) is 3.38. The van der Waals surface area contributed by atoms with Gasteiger partial charge in [-0.05, 0) is 11.5 Å². The smallest absolute Gasteiger partial charge is 0.210 e. The summed E-state index contributed by atoms with van der Waals surface area (Å²) in [5, 5.41) is 19.2. The first-order chi connectivity index (χ1) is 6.45. The highest BCUT2D eigenvalue weighted by atomic mass is 32.1. The number of anilines is 1. The molecule has 0 saturated carbocycles. The maximum Gasteiger partial charge on any atom is 0.210 e. The van der Waals surface area contributed by atoms with Gasteiger partial charge < -0.3 is 0 Å². The Morgan fingerprint density at radius 2 is 2.54 bits per heavy atom. The van der Waals surface area contributed by atoms with Gasteiger partial charge in [-0.3, -0.25) is 10.5 Å². The highest BCUT2D eigenvalue weighted by Crippen LogP contribution is 2.09. The van der Waals surface area contributed by atoms with E-state index >= 15 is 0 Å². The van der Waals surface area contributed by atoms with Gasteiger partial charge in [-0.25, -0.2) is 0 Å². The van der Waals surface area contributed by atoms with E-state index in [1.807, 2.05) is 0 Å². The quantitative estimate of drug-likeness (QED) is 0.571. The molecule has 0 aromatic carbocycles. The predicted octanol–water partition coefficient (Wildman–Crippen LogP) is 1.37. The second kappa shape index (κ2) is 3.72. The van der Waals surface area contributed by atoms with E-state index in [4.69, 9.17) is 0 Å². The zero-order chi connectivity index (χ0) is 8.93. The lowest BCUT2D eigenvalue weighted by molar-refractivity contribution is 1.05. The van der Waals surface area contributed by atoms with Crippen molar-refractivity contribution in [3.8, 4) is 0 Å². The third kappa shape index (κ3) is 2.06. The Morgan fingerprint density at radius 1 is 1.54 bits per heavy atom. The van der Waals surface area contributed by atoms with Crippen LogP contribution in [0, 0.1) is 0 Å². The van der Waals surface area contributed by atoms with E-state index in [0.717, 1.165) is 5.69 Å². The molecule has 13 heavy (non-hydrogen) atoms. The molecule has 0 unspecified atom stereocenters. The fraction of sp³-hybridized carbons (Fsp3) is 0. The molecule has 2 aromatic rings. The Hall–Kier alpha value is -1.83. The molecule has 7 nitrogen and oxygen atoms in total. The van der Waals surface area contributed by atoms with Gasteiger partial charge in [-0.2, -0.15) is 5.10 Å². The molecule has 2 aromatic heterocycles. The van der Waals surface area contributed by atoms with Crippen molar-refractivity contribution >= 4 is 23.0 Å². The number of hydrogen-bond acceptors (Lipinski definition) is 6. The summed E-state index contributed by atoms with van der Waals surface area (Å²) >= 11 is 1.23. The first-order valence-corrected chi connectivity index (χ1v) is 4.21. The lowest BCUT2D eigenvalue weighted by Crippen LogP contribution is -1.82. The van der Waals surface area contributed by atoms with Crippen molar-refractivity contribution in [1.82, 2.24) is 19.8 Å². The molecule has 0 fully saturated rings. The number of nitrogens with zero attached hydrogens (tertiary/aromatic N) is 5. The monoisotopic (exact) mass is 195 g/mol. The zero-order valence-electron chi connectivity index (χ0n) is 6.38. The van der Waals surface area contributed by atoms with Crippen molar-refractivity contribution < 1.29 is 0 Å². The Balaban J connectivity index is 1.93. The predicted molar refractivity (Wildman–Crippen MR) is 46.6 cm³/mol. The summed E-state index contributed by atoms with van der Waals surface area (Å²) in [6.07, 6.45) is 3.26. The average Bonchev–Trinajstić information content (AvgIpc) is 2.75. The molecule has 2 N–H and O–H groups in total. The highest BCUT2D eigenvalue weighted by Gasteiger charge is 1.91. The van der Waals surface area contributed by atoms with Gasteiger partial charge in [0.2, 0.25) is 5.82 Å². The van der Waals surface area contributed by atoms with Crippen LogP contribution in [0.25, 0.3) is 0 Å². The van der Waals surface area contributed by atoms with Crippen LogP contribution in [0.15, 0.2) is 28.1 Å². The molecule has 0 aliphatic heterocycles. The number of hydrogen-bond donors (Lipinski definition) is 2. The van der Waals surface area contributed by atoms with Gasteiger partial charge in [0, 0.05) is 6.20 Å². The van der Waals surface area contributed by atoms with Gasteiger partial charge >= 0.3 is 0 Å². The van der Waals surface area contributed by atoms with Crippen LogP contribution < -0.4 is 5.43 Å². The van der Waals surface area contributed by atoms with Crippen molar-refractivity contribution in [2.75, 3.05) is 5.43 Å². The van der Waals surface area contributed by atoms with Crippen LogP contribution in [0.4, 0.5) is 11.5 Å². The highest BCUT2D eigenvalue weighted by molar-refractivity contribution is 7.03.